The monoisotopic (exact) mass is 405 g/mol. The molecule has 1 fully saturated rings. The first-order chi connectivity index (χ1) is 14.6. The number of nitrogen functional groups attached to an aromatic ring is 1. The Morgan fingerprint density at radius 3 is 2.77 bits per heavy atom. The van der Waals surface area contributed by atoms with Crippen LogP contribution in [0.15, 0.2) is 85.0 Å². The van der Waals surface area contributed by atoms with Crippen molar-refractivity contribution in [1.29, 1.82) is 0 Å². The van der Waals surface area contributed by atoms with Crippen molar-refractivity contribution in [3.8, 4) is 12.3 Å². The molecule has 0 amide bonds. The highest BCUT2D eigenvalue weighted by atomic mass is 16.3. The summed E-state index contributed by atoms with van der Waals surface area (Å²) in [7, 11) is 0. The molecule has 1 aromatic rings. The molecule has 162 valence electrons. The number of benzene rings is 1. The lowest BCUT2D eigenvalue weighted by atomic mass is 9.87. The first kappa shape index (κ1) is 25.0. The molecule has 30 heavy (non-hydrogen) atoms. The molecular formula is C28H39NO. The highest BCUT2D eigenvalue weighted by molar-refractivity contribution is 5.68. The summed E-state index contributed by atoms with van der Waals surface area (Å²) in [6.45, 7) is 11.9. The predicted octanol–water partition coefficient (Wildman–Crippen LogP) is 6.97. The number of nitrogens with two attached hydrogens (primary N) is 1. The van der Waals surface area contributed by atoms with Gasteiger partial charge in [0.15, 0.2) is 0 Å². The summed E-state index contributed by atoms with van der Waals surface area (Å²) in [5.74, 6) is 3.31. The lowest BCUT2D eigenvalue weighted by Gasteiger charge is -2.19. The van der Waals surface area contributed by atoms with E-state index < -0.39 is 0 Å². The summed E-state index contributed by atoms with van der Waals surface area (Å²) in [6, 6.07) is 5.59. The highest BCUT2D eigenvalue weighted by Gasteiger charge is 2.31. The second kappa shape index (κ2) is 14.0. The fourth-order valence-electron chi connectivity index (χ4n) is 3.58. The van der Waals surface area contributed by atoms with Crippen molar-refractivity contribution < 1.29 is 7.96 Å². The third-order valence-corrected chi connectivity index (χ3v) is 5.10. The number of aliphatic hydroxyl groups excluding tert-OH is 1. The van der Waals surface area contributed by atoms with E-state index in [0.29, 0.717) is 11.6 Å². The third-order valence-electron chi connectivity index (χ3n) is 5.10. The number of hydrogen-bond acceptors (Lipinski definition) is 2. The molecule has 1 saturated carbocycles. The van der Waals surface area contributed by atoms with Gasteiger partial charge in [-0.3, -0.25) is 0 Å². The van der Waals surface area contributed by atoms with Gasteiger partial charge in [0.1, 0.15) is 0 Å². The summed E-state index contributed by atoms with van der Waals surface area (Å²) >= 11 is 0. The van der Waals surface area contributed by atoms with E-state index in [1.165, 1.54) is 11.1 Å². The van der Waals surface area contributed by atoms with Crippen LogP contribution in [0.4, 0.5) is 5.69 Å². The molecule has 0 heterocycles. The van der Waals surface area contributed by atoms with Gasteiger partial charge >= 0.3 is 0 Å². The van der Waals surface area contributed by atoms with Crippen LogP contribution < -0.4 is 5.73 Å². The van der Waals surface area contributed by atoms with Gasteiger partial charge in [-0.1, -0.05) is 99.2 Å². The molecule has 0 radical (unpaired) electrons. The van der Waals surface area contributed by atoms with Crippen LogP contribution in [0.25, 0.3) is 6.08 Å². The van der Waals surface area contributed by atoms with E-state index in [1.54, 1.807) is 12.1 Å². The zero-order chi connectivity index (χ0) is 22.4. The van der Waals surface area contributed by atoms with Crippen molar-refractivity contribution in [2.24, 2.45) is 11.8 Å². The minimum Gasteiger partial charge on any atom is -0.398 e. The Kier molecular flexibility index (Phi) is 11.7. The van der Waals surface area contributed by atoms with Crippen molar-refractivity contribution in [3.05, 3.63) is 96.2 Å². The van der Waals surface area contributed by atoms with Crippen LogP contribution in [-0.4, -0.2) is 11.7 Å². The Morgan fingerprint density at radius 2 is 2.10 bits per heavy atom. The van der Waals surface area contributed by atoms with Crippen LogP contribution in [0, 0.1) is 24.2 Å². The van der Waals surface area contributed by atoms with Gasteiger partial charge in [0.25, 0.3) is 0 Å². The summed E-state index contributed by atoms with van der Waals surface area (Å²) in [6.07, 6.45) is 24.8. The van der Waals surface area contributed by atoms with Crippen LogP contribution in [-0.2, 0) is 0 Å². The lowest BCUT2D eigenvalue weighted by Crippen LogP contribution is -2.14. The van der Waals surface area contributed by atoms with Crippen LogP contribution >= 0.6 is 0 Å². The normalized spacial score (nSPS) is 19.7. The number of rotatable bonds is 4. The Morgan fingerprint density at radius 1 is 1.33 bits per heavy atom. The van der Waals surface area contributed by atoms with E-state index in [-0.39, 0.29) is 15.4 Å². The topological polar surface area (TPSA) is 46.2 Å². The van der Waals surface area contributed by atoms with Crippen LogP contribution in [0.2, 0.25) is 0 Å². The van der Waals surface area contributed by atoms with Crippen LogP contribution in [0.5, 0.6) is 0 Å². The molecule has 2 aliphatic rings. The first-order valence-corrected chi connectivity index (χ1v) is 10.6. The van der Waals surface area contributed by atoms with Crippen LogP contribution in [0.3, 0.4) is 0 Å². The van der Waals surface area contributed by atoms with Gasteiger partial charge in [0.2, 0.25) is 0 Å². The largest absolute Gasteiger partial charge is 0.398 e. The number of terminal acetylenes is 1. The van der Waals surface area contributed by atoms with Crippen LogP contribution in [0.1, 0.15) is 47.1 Å². The zero-order valence-corrected chi connectivity index (χ0v) is 18.4. The van der Waals surface area contributed by atoms with E-state index >= 15 is 0 Å². The summed E-state index contributed by atoms with van der Waals surface area (Å²) in [5.41, 5.74) is 10.6. The molecular weight excluding hydrogens is 366 g/mol. The van der Waals surface area contributed by atoms with Crippen molar-refractivity contribution in [1.82, 2.24) is 0 Å². The summed E-state index contributed by atoms with van der Waals surface area (Å²) in [4.78, 5) is 0. The molecule has 0 aromatic heterocycles. The van der Waals surface area contributed by atoms with E-state index in [4.69, 9.17) is 12.2 Å². The van der Waals surface area contributed by atoms with Gasteiger partial charge in [-0.05, 0) is 42.4 Å². The Bertz CT molecular complexity index is 872. The maximum Gasteiger partial charge on any atom is 0.0544 e. The van der Waals surface area contributed by atoms with Gasteiger partial charge in [0, 0.05) is 14.5 Å². The molecule has 2 heteroatoms. The molecule has 2 atom stereocenters. The number of anilines is 1. The van der Waals surface area contributed by atoms with Crippen molar-refractivity contribution in [3.63, 3.8) is 0 Å². The van der Waals surface area contributed by atoms with E-state index in [1.807, 2.05) is 38.1 Å². The predicted molar refractivity (Wildman–Crippen MR) is 137 cm³/mol. The molecule has 3 rings (SSSR count). The minimum absolute atomic E-state index is 0. The van der Waals surface area contributed by atoms with Gasteiger partial charge in [0.05, 0.1) is 12.2 Å². The maximum atomic E-state index is 9.38. The van der Waals surface area contributed by atoms with Gasteiger partial charge in [-0.15, -0.1) is 6.42 Å². The second-order valence-corrected chi connectivity index (χ2v) is 6.88. The minimum atomic E-state index is 0. The lowest BCUT2D eigenvalue weighted by molar-refractivity contribution is 0.228. The fourth-order valence-corrected chi connectivity index (χ4v) is 3.58. The Balaban J connectivity index is 0. The summed E-state index contributed by atoms with van der Waals surface area (Å²) in [5, 5.41) is 9.38. The Labute approximate surface area is 185 Å². The molecule has 1 aromatic carbocycles. The average Bonchev–Trinajstić information content (AvgIpc) is 2.96. The molecule has 0 aliphatic heterocycles. The third kappa shape index (κ3) is 7.10. The zero-order valence-electron chi connectivity index (χ0n) is 18.4. The molecule has 0 unspecified atom stereocenters. The maximum absolute atomic E-state index is 9.38. The molecule has 0 saturated heterocycles. The fraction of sp³-hybridized carbons (Fsp3) is 0.286. The van der Waals surface area contributed by atoms with Crippen molar-refractivity contribution in [2.75, 3.05) is 12.3 Å². The second-order valence-electron chi connectivity index (χ2n) is 6.88. The molecule has 3 N–H and O–H groups in total. The van der Waals surface area contributed by atoms with E-state index in [0.717, 1.165) is 30.4 Å². The van der Waals surface area contributed by atoms with Crippen molar-refractivity contribution >= 4 is 11.8 Å². The average molecular weight is 406 g/mol. The van der Waals surface area contributed by atoms with Gasteiger partial charge < -0.3 is 10.8 Å². The molecule has 2 nitrogen and oxygen atoms in total. The van der Waals surface area contributed by atoms with Crippen molar-refractivity contribution in [2.45, 2.75) is 33.1 Å². The number of allylic oxidation sites excluding steroid dienone is 8. The number of aliphatic hydroxyl groups is 1. The standard InChI is InChI=1S/C14H18O.C12H11N.C2H6.2H2/c1-11-8-9-13(14(11)10-15)12-6-4-2-3-5-7-12;1-3-5-7-10-8-6-9-12(13)11(10)4-2;1-2;;/h2,4-7,13-15H,1,3,8-10H2;2-3,5-9H,1,13H2;1-2H3;2*1H/b;7-5-;;;/t13-,14-;;;;/m1..../s1. The smallest absolute Gasteiger partial charge is 0.0544 e. The summed E-state index contributed by atoms with van der Waals surface area (Å²) < 4.78 is 0. The number of hydrogen-bond donors (Lipinski definition) is 2. The SMILES string of the molecule is C#Cc1c(N)cccc1/C=C\C=C.C=C1CC[C@H](C2=CC=CCC=C2)[C@@H]1CO.CC.[HH].[HH]. The highest BCUT2D eigenvalue weighted by Crippen LogP contribution is 2.40. The quantitative estimate of drug-likeness (QED) is 0.246. The van der Waals surface area contributed by atoms with Gasteiger partial charge in [-0.25, -0.2) is 0 Å². The first-order valence-electron chi connectivity index (χ1n) is 10.6. The molecule has 0 bridgehead atoms. The van der Waals surface area contributed by atoms with Gasteiger partial charge in [-0.2, -0.15) is 0 Å². The van der Waals surface area contributed by atoms with E-state index in [2.05, 4.69) is 49.5 Å². The van der Waals surface area contributed by atoms with E-state index in [9.17, 15) is 5.11 Å². The molecule has 2 aliphatic carbocycles. The molecule has 0 spiro atoms. The Hall–Kier alpha value is -3.02.